The number of nitro groups is 1. The molecular weight excluding hydrogens is 398 g/mol. The zero-order valence-corrected chi connectivity index (χ0v) is 17.7. The van der Waals surface area contributed by atoms with Gasteiger partial charge in [-0.2, -0.15) is 13.5 Å². The number of sulfonamides is 1. The van der Waals surface area contributed by atoms with Gasteiger partial charge in [0.1, 0.15) is 0 Å². The molecule has 0 radical (unpaired) electrons. The van der Waals surface area contributed by atoms with Crippen LogP contribution < -0.4 is 14.3 Å². The second-order valence-corrected chi connectivity index (χ2v) is 7.94. The van der Waals surface area contributed by atoms with Crippen molar-refractivity contribution in [2.75, 3.05) is 13.7 Å². The van der Waals surface area contributed by atoms with Crippen LogP contribution in [0.5, 0.6) is 11.5 Å². The van der Waals surface area contributed by atoms with Crippen molar-refractivity contribution in [3.8, 4) is 11.5 Å². The van der Waals surface area contributed by atoms with Crippen molar-refractivity contribution in [3.05, 3.63) is 56.6 Å². The van der Waals surface area contributed by atoms with Crippen molar-refractivity contribution in [3.63, 3.8) is 0 Å². The fraction of sp³-hybridized carbons (Fsp3) is 0.316. The zero-order chi connectivity index (χ0) is 21.8. The van der Waals surface area contributed by atoms with Gasteiger partial charge in [-0.1, -0.05) is 17.7 Å². The van der Waals surface area contributed by atoms with E-state index in [-0.39, 0.29) is 34.3 Å². The van der Waals surface area contributed by atoms with Crippen molar-refractivity contribution < 1.29 is 22.8 Å². The van der Waals surface area contributed by atoms with Gasteiger partial charge in [-0.3, -0.25) is 10.1 Å². The van der Waals surface area contributed by atoms with Crippen LogP contribution in [0.3, 0.4) is 0 Å². The summed E-state index contributed by atoms with van der Waals surface area (Å²) < 4.78 is 35.7. The summed E-state index contributed by atoms with van der Waals surface area (Å²) >= 11 is 0. The van der Waals surface area contributed by atoms with E-state index < -0.39 is 14.9 Å². The van der Waals surface area contributed by atoms with Crippen LogP contribution in [0.4, 0.5) is 5.69 Å². The van der Waals surface area contributed by atoms with Gasteiger partial charge in [0.15, 0.2) is 5.75 Å². The molecule has 0 spiro atoms. The predicted octanol–water partition coefficient (Wildman–Crippen LogP) is 3.24. The van der Waals surface area contributed by atoms with Crippen molar-refractivity contribution in [1.29, 1.82) is 0 Å². The van der Waals surface area contributed by atoms with Crippen LogP contribution in [0.25, 0.3) is 0 Å². The van der Waals surface area contributed by atoms with E-state index in [2.05, 4.69) is 9.93 Å². The lowest BCUT2D eigenvalue weighted by Crippen LogP contribution is -2.20. The first kappa shape index (κ1) is 22.2. The minimum atomic E-state index is -3.91. The third-order valence-corrected chi connectivity index (χ3v) is 5.55. The topological polar surface area (TPSA) is 120 Å². The number of hydrogen-bond acceptors (Lipinski definition) is 7. The van der Waals surface area contributed by atoms with E-state index in [9.17, 15) is 18.5 Å². The molecule has 0 bridgehead atoms. The number of hydrogen-bond donors (Lipinski definition) is 1. The molecule has 0 saturated heterocycles. The molecule has 9 nitrogen and oxygen atoms in total. The van der Waals surface area contributed by atoms with Crippen LogP contribution in [-0.2, 0) is 10.0 Å². The first-order valence-corrected chi connectivity index (χ1v) is 10.2. The molecule has 0 saturated carbocycles. The monoisotopic (exact) mass is 421 g/mol. The van der Waals surface area contributed by atoms with Crippen LogP contribution in [0, 0.1) is 30.9 Å². The SMILES string of the molecule is CCOc1c(OC)cc(/C=N/NS(=O)(=O)c2c(C)cc(C)cc2C)cc1[N+](=O)[O-]. The first-order valence-electron chi connectivity index (χ1n) is 8.72. The van der Waals surface area contributed by atoms with Gasteiger partial charge in [0, 0.05) is 11.6 Å². The highest BCUT2D eigenvalue weighted by atomic mass is 32.2. The number of nitrogens with one attached hydrogen (secondary N) is 1. The number of rotatable bonds is 8. The van der Waals surface area contributed by atoms with Crippen LogP contribution in [0.1, 0.15) is 29.2 Å². The number of nitro benzene ring substituents is 1. The van der Waals surface area contributed by atoms with Crippen molar-refractivity contribution in [2.24, 2.45) is 5.10 Å². The second-order valence-electron chi connectivity index (χ2n) is 6.34. The Hall–Kier alpha value is -3.14. The molecule has 0 heterocycles. The number of benzene rings is 2. The Labute approximate surface area is 169 Å². The molecule has 29 heavy (non-hydrogen) atoms. The van der Waals surface area contributed by atoms with Crippen LogP contribution in [-0.4, -0.2) is 33.3 Å². The molecule has 0 aliphatic carbocycles. The van der Waals surface area contributed by atoms with Crippen LogP contribution >= 0.6 is 0 Å². The molecule has 156 valence electrons. The van der Waals surface area contributed by atoms with Gasteiger partial charge in [-0.05, 0) is 44.9 Å². The third kappa shape index (κ3) is 5.02. The first-order chi connectivity index (χ1) is 13.6. The van der Waals surface area contributed by atoms with Crippen LogP contribution in [0.2, 0.25) is 0 Å². The fourth-order valence-corrected chi connectivity index (χ4v) is 4.31. The maximum absolute atomic E-state index is 12.6. The number of hydrazone groups is 1. The highest BCUT2D eigenvalue weighted by Crippen LogP contribution is 2.37. The lowest BCUT2D eigenvalue weighted by atomic mass is 10.1. The predicted molar refractivity (Wildman–Crippen MR) is 109 cm³/mol. The summed E-state index contributed by atoms with van der Waals surface area (Å²) in [6.45, 7) is 7.22. The van der Waals surface area contributed by atoms with E-state index in [4.69, 9.17) is 9.47 Å². The van der Waals surface area contributed by atoms with Crippen molar-refractivity contribution in [2.45, 2.75) is 32.6 Å². The Morgan fingerprint density at radius 1 is 1.17 bits per heavy atom. The summed E-state index contributed by atoms with van der Waals surface area (Å²) in [5, 5.41) is 15.1. The smallest absolute Gasteiger partial charge is 0.315 e. The summed E-state index contributed by atoms with van der Waals surface area (Å²) in [4.78, 5) is 13.0. The highest BCUT2D eigenvalue weighted by molar-refractivity contribution is 7.89. The molecule has 2 aromatic rings. The lowest BCUT2D eigenvalue weighted by Gasteiger charge is -2.12. The van der Waals surface area contributed by atoms with Crippen LogP contribution in [0.15, 0.2) is 34.3 Å². The number of ether oxygens (including phenoxy) is 2. The standard InChI is InChI=1S/C19H23N3O6S/c1-6-28-18-16(22(23)24)9-15(10-17(18)27-5)11-20-21-29(25,26)19-13(3)7-12(2)8-14(19)4/h7-11,21H,6H2,1-5H3/b20-11+. The minimum absolute atomic E-state index is 0.00337. The van der Waals surface area contributed by atoms with Gasteiger partial charge in [-0.15, -0.1) is 0 Å². The molecule has 0 atom stereocenters. The molecule has 0 aromatic heterocycles. The lowest BCUT2D eigenvalue weighted by molar-refractivity contribution is -0.385. The van der Waals surface area contributed by atoms with Crippen molar-refractivity contribution in [1.82, 2.24) is 4.83 Å². The Morgan fingerprint density at radius 2 is 1.79 bits per heavy atom. The average Bonchev–Trinajstić information content (AvgIpc) is 2.61. The fourth-order valence-electron chi connectivity index (χ4n) is 3.07. The van der Waals surface area contributed by atoms with Crippen molar-refractivity contribution >= 4 is 21.9 Å². The molecule has 0 aliphatic heterocycles. The number of methoxy groups -OCH3 is 1. The molecule has 0 aliphatic rings. The van der Waals surface area contributed by atoms with E-state index in [0.29, 0.717) is 11.1 Å². The Morgan fingerprint density at radius 3 is 2.31 bits per heavy atom. The maximum atomic E-state index is 12.6. The Balaban J connectivity index is 2.37. The summed E-state index contributed by atoms with van der Waals surface area (Å²) in [6, 6.07) is 6.24. The van der Waals surface area contributed by atoms with E-state index in [1.165, 1.54) is 25.5 Å². The molecule has 1 N–H and O–H groups in total. The summed E-state index contributed by atoms with van der Waals surface area (Å²) in [5.74, 6) is 0.152. The van der Waals surface area contributed by atoms with Gasteiger partial charge >= 0.3 is 5.69 Å². The quantitative estimate of drug-likeness (QED) is 0.397. The van der Waals surface area contributed by atoms with E-state index >= 15 is 0 Å². The van der Waals surface area contributed by atoms with E-state index in [1.54, 1.807) is 32.9 Å². The molecule has 10 heteroatoms. The highest BCUT2D eigenvalue weighted by Gasteiger charge is 2.22. The largest absolute Gasteiger partial charge is 0.493 e. The number of aryl methyl sites for hydroxylation is 3. The van der Waals surface area contributed by atoms with Gasteiger partial charge in [0.25, 0.3) is 10.0 Å². The average molecular weight is 421 g/mol. The zero-order valence-electron chi connectivity index (χ0n) is 16.8. The minimum Gasteiger partial charge on any atom is -0.493 e. The Bertz CT molecular complexity index is 1040. The molecule has 0 amide bonds. The number of nitrogens with zero attached hydrogens (tertiary/aromatic N) is 2. The van der Waals surface area contributed by atoms with Gasteiger partial charge in [-0.25, -0.2) is 4.83 Å². The summed E-state index contributed by atoms with van der Waals surface area (Å²) in [7, 11) is -2.55. The summed E-state index contributed by atoms with van der Waals surface area (Å²) in [5.41, 5.74) is 2.13. The molecule has 2 rings (SSSR count). The second kappa shape index (κ2) is 8.91. The maximum Gasteiger partial charge on any atom is 0.315 e. The van der Waals surface area contributed by atoms with Gasteiger partial charge < -0.3 is 9.47 Å². The third-order valence-electron chi connectivity index (χ3n) is 4.02. The van der Waals surface area contributed by atoms with E-state index in [0.717, 1.165) is 5.56 Å². The summed E-state index contributed by atoms with van der Waals surface area (Å²) in [6.07, 6.45) is 1.17. The molecule has 2 aromatic carbocycles. The Kier molecular flexibility index (Phi) is 6.80. The molecule has 0 fully saturated rings. The van der Waals surface area contributed by atoms with E-state index in [1.807, 2.05) is 6.92 Å². The molecular formula is C19H23N3O6S. The normalized spacial score (nSPS) is 11.5. The molecule has 0 unspecified atom stereocenters. The van der Waals surface area contributed by atoms with Gasteiger partial charge in [0.05, 0.1) is 29.8 Å². The van der Waals surface area contributed by atoms with Gasteiger partial charge in [0.2, 0.25) is 5.75 Å².